The van der Waals surface area contributed by atoms with Crippen LogP contribution in [0, 0.1) is 6.92 Å². The van der Waals surface area contributed by atoms with Crippen LogP contribution in [0.4, 0.5) is 13.2 Å². The van der Waals surface area contributed by atoms with Crippen LogP contribution in [0.2, 0.25) is 0 Å². The van der Waals surface area contributed by atoms with Crippen molar-refractivity contribution in [3.8, 4) is 0 Å². The molecule has 2 N–H and O–H groups in total. The summed E-state index contributed by atoms with van der Waals surface area (Å²) in [7, 11) is 0. The Kier molecular flexibility index (Phi) is 3.71. The molecule has 0 saturated carbocycles. The second kappa shape index (κ2) is 5.07. The van der Waals surface area contributed by atoms with E-state index in [0.717, 1.165) is 6.20 Å². The van der Waals surface area contributed by atoms with E-state index in [9.17, 15) is 23.1 Å². The van der Waals surface area contributed by atoms with Crippen molar-refractivity contribution in [1.82, 2.24) is 4.98 Å². The fraction of sp³-hybridized carbons (Fsp3) is 0.357. The largest absolute Gasteiger partial charge is 0.463 e. The molecule has 0 bridgehead atoms. The Balaban J connectivity index is 2.71. The van der Waals surface area contributed by atoms with E-state index < -0.39 is 23.3 Å². The van der Waals surface area contributed by atoms with Crippen molar-refractivity contribution in [2.24, 2.45) is 0 Å². The summed E-state index contributed by atoms with van der Waals surface area (Å²) in [6.07, 6.45) is -4.21. The predicted octanol–water partition coefficient (Wildman–Crippen LogP) is 2.79. The number of hydrogen-bond donors (Lipinski definition) is 2. The maximum Gasteiger partial charge on any atom is 0.432 e. The molecule has 114 valence electrons. The molecule has 1 aromatic carbocycles. The molecule has 0 amide bonds. The highest BCUT2D eigenvalue weighted by molar-refractivity contribution is 5.93. The third-order valence-electron chi connectivity index (χ3n) is 3.29. The number of carbonyl (C=O) groups is 1. The fourth-order valence-corrected chi connectivity index (χ4v) is 2.22. The van der Waals surface area contributed by atoms with Crippen molar-refractivity contribution in [2.75, 3.05) is 6.61 Å². The number of esters is 1. The second-order valence-electron chi connectivity index (χ2n) is 4.63. The highest BCUT2D eigenvalue weighted by Crippen LogP contribution is 2.43. The van der Waals surface area contributed by atoms with Crippen LogP contribution in [0.3, 0.4) is 0 Å². The first-order chi connectivity index (χ1) is 9.73. The number of ether oxygens (including phenoxy) is 1. The molecule has 0 fully saturated rings. The van der Waals surface area contributed by atoms with E-state index in [1.54, 1.807) is 19.1 Å². The molecule has 7 heteroatoms. The highest BCUT2D eigenvalue weighted by Gasteiger charge is 2.63. The maximum atomic E-state index is 13.3. The summed E-state index contributed by atoms with van der Waals surface area (Å²) in [5.41, 5.74) is -3.13. The zero-order valence-electron chi connectivity index (χ0n) is 11.4. The zero-order valence-corrected chi connectivity index (χ0v) is 11.4. The Hall–Kier alpha value is -2.02. The molecule has 0 spiro atoms. The molecule has 1 atom stereocenters. The summed E-state index contributed by atoms with van der Waals surface area (Å²) in [6.45, 7) is 2.81. The number of nitrogens with one attached hydrogen (secondary N) is 1. The Bertz CT molecular complexity index is 678. The van der Waals surface area contributed by atoms with Gasteiger partial charge in [-0.1, -0.05) is 18.2 Å². The molecule has 0 aliphatic carbocycles. The number of alkyl halides is 3. The lowest BCUT2D eigenvalue weighted by molar-refractivity contribution is -0.267. The molecule has 0 saturated heterocycles. The molecule has 2 rings (SSSR count). The molecule has 0 aliphatic heterocycles. The summed E-state index contributed by atoms with van der Waals surface area (Å²) >= 11 is 0. The van der Waals surface area contributed by atoms with Gasteiger partial charge in [0.2, 0.25) is 0 Å². The second-order valence-corrected chi connectivity index (χ2v) is 4.63. The van der Waals surface area contributed by atoms with Crippen molar-refractivity contribution < 1.29 is 27.8 Å². The number of halogens is 3. The van der Waals surface area contributed by atoms with Crippen LogP contribution in [0.25, 0.3) is 10.9 Å². The summed E-state index contributed by atoms with van der Waals surface area (Å²) in [5, 5.41) is 10.2. The number of rotatable bonds is 3. The molecule has 21 heavy (non-hydrogen) atoms. The maximum absolute atomic E-state index is 13.3. The van der Waals surface area contributed by atoms with Gasteiger partial charge in [0.25, 0.3) is 5.60 Å². The number of H-pyrrole nitrogens is 1. The average molecular weight is 301 g/mol. The Morgan fingerprint density at radius 3 is 2.62 bits per heavy atom. The van der Waals surface area contributed by atoms with Crippen molar-refractivity contribution in [3.05, 3.63) is 35.5 Å². The van der Waals surface area contributed by atoms with Gasteiger partial charge in [-0.3, -0.25) is 0 Å². The lowest BCUT2D eigenvalue weighted by Crippen LogP contribution is -2.50. The number of carbonyl (C=O) groups excluding carboxylic acids is 1. The van der Waals surface area contributed by atoms with Crippen LogP contribution in [-0.4, -0.2) is 28.8 Å². The minimum atomic E-state index is -5.20. The summed E-state index contributed by atoms with van der Waals surface area (Å²) in [6, 6.07) is 4.67. The number of benzene rings is 1. The smallest absolute Gasteiger partial charge is 0.432 e. The quantitative estimate of drug-likeness (QED) is 0.857. The first-order valence-corrected chi connectivity index (χ1v) is 6.27. The molecule has 4 nitrogen and oxygen atoms in total. The lowest BCUT2D eigenvalue weighted by Gasteiger charge is -2.27. The molecule has 0 unspecified atom stereocenters. The number of hydrogen-bond acceptors (Lipinski definition) is 3. The van der Waals surface area contributed by atoms with Crippen LogP contribution in [0.1, 0.15) is 18.1 Å². The predicted molar refractivity (Wildman–Crippen MR) is 69.6 cm³/mol. The van der Waals surface area contributed by atoms with E-state index in [4.69, 9.17) is 0 Å². The lowest BCUT2D eigenvalue weighted by atomic mass is 9.92. The zero-order chi connectivity index (χ0) is 15.8. The van der Waals surface area contributed by atoms with Gasteiger partial charge in [0.15, 0.2) is 0 Å². The van der Waals surface area contributed by atoms with Gasteiger partial charge in [-0.2, -0.15) is 13.2 Å². The van der Waals surface area contributed by atoms with Crippen molar-refractivity contribution in [3.63, 3.8) is 0 Å². The fourth-order valence-electron chi connectivity index (χ4n) is 2.22. The summed E-state index contributed by atoms with van der Waals surface area (Å²) in [5.74, 6) is -1.74. The van der Waals surface area contributed by atoms with Gasteiger partial charge in [0.1, 0.15) is 0 Å². The first-order valence-electron chi connectivity index (χ1n) is 6.27. The van der Waals surface area contributed by atoms with Crippen molar-refractivity contribution in [1.29, 1.82) is 0 Å². The normalized spacial score (nSPS) is 15.0. The van der Waals surface area contributed by atoms with Gasteiger partial charge in [-0.05, 0) is 19.4 Å². The highest BCUT2D eigenvalue weighted by atomic mass is 19.4. The molecule has 1 aromatic heterocycles. The third-order valence-corrected chi connectivity index (χ3v) is 3.29. The molecule has 0 aliphatic rings. The standard InChI is InChI=1S/C14H14F3NO3/c1-3-21-12(19)13(20,14(15,16)17)10-7-18-11-8(2)5-4-6-9(10)11/h4-7,18,20H,3H2,1-2H3/t13-/m0/s1. The van der Waals surface area contributed by atoms with Crippen LogP contribution in [-0.2, 0) is 15.1 Å². The van der Waals surface area contributed by atoms with Crippen LogP contribution >= 0.6 is 0 Å². The minimum absolute atomic E-state index is 0.128. The van der Waals surface area contributed by atoms with E-state index in [1.165, 1.54) is 13.0 Å². The number of aliphatic hydroxyl groups is 1. The van der Waals surface area contributed by atoms with Gasteiger partial charge < -0.3 is 14.8 Å². The Morgan fingerprint density at radius 1 is 1.38 bits per heavy atom. The van der Waals surface area contributed by atoms with Gasteiger partial charge in [0, 0.05) is 22.7 Å². The van der Waals surface area contributed by atoms with Gasteiger partial charge in [-0.25, -0.2) is 4.79 Å². The molecular weight excluding hydrogens is 287 g/mol. The number of aromatic nitrogens is 1. The monoisotopic (exact) mass is 301 g/mol. The van der Waals surface area contributed by atoms with Crippen LogP contribution in [0.5, 0.6) is 0 Å². The van der Waals surface area contributed by atoms with E-state index in [0.29, 0.717) is 11.1 Å². The topological polar surface area (TPSA) is 62.3 Å². The third kappa shape index (κ3) is 2.27. The van der Waals surface area contributed by atoms with Crippen LogP contribution in [0.15, 0.2) is 24.4 Å². The number of fused-ring (bicyclic) bond motifs is 1. The van der Waals surface area contributed by atoms with E-state index in [-0.39, 0.29) is 12.0 Å². The number of aromatic amines is 1. The van der Waals surface area contributed by atoms with Crippen molar-refractivity contribution in [2.45, 2.75) is 25.6 Å². The summed E-state index contributed by atoms with van der Waals surface area (Å²) in [4.78, 5) is 14.4. The van der Waals surface area contributed by atoms with E-state index >= 15 is 0 Å². The van der Waals surface area contributed by atoms with Gasteiger partial charge >= 0.3 is 12.1 Å². The Morgan fingerprint density at radius 2 is 2.05 bits per heavy atom. The van der Waals surface area contributed by atoms with E-state index in [2.05, 4.69) is 9.72 Å². The number of aryl methyl sites for hydroxylation is 1. The van der Waals surface area contributed by atoms with Crippen LogP contribution < -0.4 is 0 Å². The van der Waals surface area contributed by atoms with E-state index in [1.807, 2.05) is 0 Å². The molecule has 0 radical (unpaired) electrons. The SMILES string of the molecule is CCOC(=O)[C@@](O)(c1c[nH]c2c(C)cccc12)C(F)(F)F. The Labute approximate surface area is 118 Å². The number of para-hydroxylation sites is 1. The molecule has 2 aromatic rings. The minimum Gasteiger partial charge on any atom is -0.463 e. The van der Waals surface area contributed by atoms with Gasteiger partial charge in [-0.15, -0.1) is 0 Å². The average Bonchev–Trinajstić information content (AvgIpc) is 2.82. The molecular formula is C14H14F3NO3. The summed E-state index contributed by atoms with van der Waals surface area (Å²) < 4.78 is 44.3. The molecule has 1 heterocycles. The first kappa shape index (κ1) is 15.4. The van der Waals surface area contributed by atoms with Gasteiger partial charge in [0.05, 0.1) is 6.61 Å². The van der Waals surface area contributed by atoms with Crippen molar-refractivity contribution >= 4 is 16.9 Å².